The number of carbonyl (C=O) groups is 3. The average Bonchev–Trinajstić information content (AvgIpc) is 3.21. The maximum atomic E-state index is 13.0. The van der Waals surface area contributed by atoms with Gasteiger partial charge in [0.25, 0.3) is 11.8 Å². The van der Waals surface area contributed by atoms with Gasteiger partial charge < -0.3 is 15.4 Å². The molecule has 32 heavy (non-hydrogen) atoms. The predicted octanol–water partition coefficient (Wildman–Crippen LogP) is 3.77. The lowest BCUT2D eigenvalue weighted by atomic mass is 10.1. The maximum Gasteiger partial charge on any atom is 0.257 e. The highest BCUT2D eigenvalue weighted by Crippen LogP contribution is 2.27. The van der Waals surface area contributed by atoms with Crippen LogP contribution < -0.4 is 20.7 Å². The number of hydrogen-bond donors (Lipinski definition) is 3. The zero-order valence-corrected chi connectivity index (χ0v) is 18.4. The lowest BCUT2D eigenvalue weighted by Crippen LogP contribution is -2.23. The highest BCUT2D eigenvalue weighted by Gasteiger charge is 2.16. The Bertz CT molecular complexity index is 1170. The molecule has 0 fully saturated rings. The lowest BCUT2D eigenvalue weighted by molar-refractivity contribution is -0.116. The van der Waals surface area contributed by atoms with Gasteiger partial charge in [-0.2, -0.15) is 0 Å². The molecule has 0 aliphatic carbocycles. The Labute approximate surface area is 189 Å². The van der Waals surface area contributed by atoms with Crippen LogP contribution >= 0.6 is 11.3 Å². The summed E-state index contributed by atoms with van der Waals surface area (Å²) in [4.78, 5) is 41.3. The molecule has 0 aliphatic heterocycles. The number of amides is 3. The number of nitrogens with zero attached hydrogens (tertiary/aromatic N) is 1. The molecule has 0 aliphatic rings. The summed E-state index contributed by atoms with van der Waals surface area (Å²) < 4.78 is 5.34. The normalized spacial score (nSPS) is 10.2. The number of aryl methyl sites for hydroxylation is 1. The number of methoxy groups -OCH3 is 1. The van der Waals surface area contributed by atoms with Crippen molar-refractivity contribution in [3.05, 3.63) is 82.9 Å². The average molecular weight is 451 g/mol. The van der Waals surface area contributed by atoms with E-state index in [1.807, 2.05) is 12.3 Å². The van der Waals surface area contributed by atoms with Gasteiger partial charge in [0.2, 0.25) is 5.91 Å². The first-order valence-electron chi connectivity index (χ1n) is 9.62. The Balaban J connectivity index is 1.81. The quantitative estimate of drug-likeness (QED) is 0.453. The molecule has 1 aromatic heterocycles. The molecule has 0 radical (unpaired) electrons. The van der Waals surface area contributed by atoms with Crippen LogP contribution in [0.4, 0.5) is 10.8 Å². The summed E-state index contributed by atoms with van der Waals surface area (Å²) in [5.41, 5.74) is 2.50. The summed E-state index contributed by atoms with van der Waals surface area (Å²) in [6.45, 7) is 5.42. The zero-order valence-electron chi connectivity index (χ0n) is 17.6. The largest absolute Gasteiger partial charge is 0.495 e. The molecule has 3 amide bonds. The lowest BCUT2D eigenvalue weighted by Gasteiger charge is -2.14. The van der Waals surface area contributed by atoms with Crippen LogP contribution in [-0.4, -0.2) is 29.8 Å². The molecule has 0 spiro atoms. The molecular weight excluding hydrogens is 428 g/mol. The van der Waals surface area contributed by atoms with Crippen molar-refractivity contribution >= 4 is 39.9 Å². The zero-order chi connectivity index (χ0) is 23.1. The minimum Gasteiger partial charge on any atom is -0.495 e. The highest BCUT2D eigenvalue weighted by atomic mass is 32.1. The fourth-order valence-corrected chi connectivity index (χ4v) is 3.55. The van der Waals surface area contributed by atoms with E-state index in [9.17, 15) is 14.4 Å². The van der Waals surface area contributed by atoms with Gasteiger partial charge in [0, 0.05) is 23.1 Å². The van der Waals surface area contributed by atoms with Gasteiger partial charge in [-0.1, -0.05) is 24.8 Å². The van der Waals surface area contributed by atoms with Crippen molar-refractivity contribution in [3.63, 3.8) is 0 Å². The minimum atomic E-state index is -0.403. The van der Waals surface area contributed by atoms with Gasteiger partial charge in [0.1, 0.15) is 5.75 Å². The van der Waals surface area contributed by atoms with E-state index >= 15 is 0 Å². The SMILES string of the molecule is C=CC(=O)NCc1ccccc1C(=O)Nc1cc(C(=O)Nc2nc(C)cs2)ccc1OC. The van der Waals surface area contributed by atoms with Crippen LogP contribution in [0, 0.1) is 6.92 Å². The summed E-state index contributed by atoms with van der Waals surface area (Å²) in [6, 6.07) is 11.6. The second kappa shape index (κ2) is 10.4. The summed E-state index contributed by atoms with van der Waals surface area (Å²) in [5.74, 6) is -0.696. The van der Waals surface area contributed by atoms with Gasteiger partial charge in [0.05, 0.1) is 18.5 Å². The molecule has 0 unspecified atom stereocenters. The second-order valence-electron chi connectivity index (χ2n) is 6.70. The molecular formula is C23H22N4O4S. The number of thiazole rings is 1. The molecule has 0 atom stereocenters. The van der Waals surface area contributed by atoms with Crippen LogP contribution in [0.2, 0.25) is 0 Å². The van der Waals surface area contributed by atoms with Gasteiger partial charge in [0.15, 0.2) is 5.13 Å². The Morgan fingerprint density at radius 2 is 1.91 bits per heavy atom. The number of benzene rings is 2. The van der Waals surface area contributed by atoms with E-state index in [-0.39, 0.29) is 18.4 Å². The molecule has 0 saturated heterocycles. The van der Waals surface area contributed by atoms with E-state index < -0.39 is 5.91 Å². The van der Waals surface area contributed by atoms with Crippen LogP contribution in [0.25, 0.3) is 0 Å². The smallest absolute Gasteiger partial charge is 0.257 e. The van der Waals surface area contributed by atoms with Gasteiger partial charge in [-0.3, -0.25) is 19.7 Å². The van der Waals surface area contributed by atoms with Crippen LogP contribution in [0.3, 0.4) is 0 Å². The molecule has 2 aromatic carbocycles. The van der Waals surface area contributed by atoms with E-state index in [0.29, 0.717) is 33.3 Å². The third-order valence-electron chi connectivity index (χ3n) is 4.45. The number of aromatic nitrogens is 1. The van der Waals surface area contributed by atoms with E-state index in [4.69, 9.17) is 4.74 Å². The van der Waals surface area contributed by atoms with Gasteiger partial charge in [-0.15, -0.1) is 11.3 Å². The Morgan fingerprint density at radius 3 is 2.59 bits per heavy atom. The van der Waals surface area contributed by atoms with Crippen molar-refractivity contribution in [1.29, 1.82) is 0 Å². The molecule has 1 heterocycles. The van der Waals surface area contributed by atoms with Crippen molar-refractivity contribution < 1.29 is 19.1 Å². The van der Waals surface area contributed by atoms with Crippen LogP contribution in [0.15, 0.2) is 60.5 Å². The third-order valence-corrected chi connectivity index (χ3v) is 5.33. The fourth-order valence-electron chi connectivity index (χ4n) is 2.87. The van der Waals surface area contributed by atoms with Crippen LogP contribution in [0.5, 0.6) is 5.75 Å². The van der Waals surface area contributed by atoms with E-state index in [0.717, 1.165) is 11.8 Å². The number of carbonyl (C=O) groups excluding carboxylic acids is 3. The molecule has 8 nitrogen and oxygen atoms in total. The second-order valence-corrected chi connectivity index (χ2v) is 7.55. The first-order chi connectivity index (χ1) is 15.4. The van der Waals surface area contributed by atoms with Crippen LogP contribution in [0.1, 0.15) is 32.0 Å². The summed E-state index contributed by atoms with van der Waals surface area (Å²) >= 11 is 1.33. The molecule has 0 saturated carbocycles. The third kappa shape index (κ3) is 5.58. The summed E-state index contributed by atoms with van der Waals surface area (Å²) in [5, 5.41) is 10.5. The number of rotatable bonds is 8. The van der Waals surface area contributed by atoms with Crippen molar-refractivity contribution in [3.8, 4) is 5.75 Å². The van der Waals surface area contributed by atoms with E-state index in [2.05, 4.69) is 27.5 Å². The molecule has 164 valence electrons. The Kier molecular flexibility index (Phi) is 7.35. The topological polar surface area (TPSA) is 109 Å². The highest BCUT2D eigenvalue weighted by molar-refractivity contribution is 7.13. The fraction of sp³-hybridized carbons (Fsp3) is 0.130. The number of ether oxygens (including phenoxy) is 1. The molecule has 9 heteroatoms. The number of anilines is 2. The van der Waals surface area contributed by atoms with Crippen molar-refractivity contribution in [2.24, 2.45) is 0 Å². The Hall–Kier alpha value is -3.98. The summed E-state index contributed by atoms with van der Waals surface area (Å²) in [7, 11) is 1.47. The number of hydrogen-bond acceptors (Lipinski definition) is 6. The van der Waals surface area contributed by atoms with E-state index in [1.165, 1.54) is 24.5 Å². The standard InChI is InChI=1S/C23H22N4O4S/c1-4-20(28)24-12-16-7-5-6-8-17(16)22(30)26-18-11-15(9-10-19(18)31-3)21(29)27-23-25-14(2)13-32-23/h4-11,13H,1,12H2,2-3H3,(H,24,28)(H,26,30)(H,25,27,29). The number of nitrogens with one attached hydrogen (secondary N) is 3. The first kappa shape index (κ1) is 22.7. The summed E-state index contributed by atoms with van der Waals surface area (Å²) in [6.07, 6.45) is 1.16. The maximum absolute atomic E-state index is 13.0. The molecule has 3 aromatic rings. The van der Waals surface area contributed by atoms with E-state index in [1.54, 1.807) is 36.4 Å². The van der Waals surface area contributed by atoms with Crippen LogP contribution in [-0.2, 0) is 11.3 Å². The van der Waals surface area contributed by atoms with Crippen molar-refractivity contribution in [2.75, 3.05) is 17.7 Å². The predicted molar refractivity (Wildman–Crippen MR) is 124 cm³/mol. The Morgan fingerprint density at radius 1 is 1.12 bits per heavy atom. The minimum absolute atomic E-state index is 0.168. The van der Waals surface area contributed by atoms with Gasteiger partial charge in [-0.05, 0) is 42.8 Å². The first-order valence-corrected chi connectivity index (χ1v) is 10.5. The molecule has 0 bridgehead atoms. The van der Waals surface area contributed by atoms with Crippen molar-refractivity contribution in [1.82, 2.24) is 10.3 Å². The van der Waals surface area contributed by atoms with Gasteiger partial charge >= 0.3 is 0 Å². The monoisotopic (exact) mass is 450 g/mol. The van der Waals surface area contributed by atoms with Crippen molar-refractivity contribution in [2.45, 2.75) is 13.5 Å². The molecule has 3 rings (SSSR count). The molecule has 3 N–H and O–H groups in total. The van der Waals surface area contributed by atoms with Gasteiger partial charge in [-0.25, -0.2) is 4.98 Å².